The zero-order valence-electron chi connectivity index (χ0n) is 12.2. The first-order valence-corrected chi connectivity index (χ1v) is 7.74. The minimum absolute atomic E-state index is 0.0139. The molecule has 0 radical (unpaired) electrons. The first-order chi connectivity index (χ1) is 10.8. The van der Waals surface area contributed by atoms with Crippen LogP contribution in [0, 0.1) is 5.82 Å². The highest BCUT2D eigenvalue weighted by Crippen LogP contribution is 2.17. The molecule has 0 amide bonds. The number of aryl methyl sites for hydroxylation is 2. The van der Waals surface area contributed by atoms with Gasteiger partial charge in [0.25, 0.3) is 5.56 Å². The van der Waals surface area contributed by atoms with Gasteiger partial charge in [0.2, 0.25) is 0 Å². The van der Waals surface area contributed by atoms with E-state index in [1.54, 1.807) is 17.7 Å². The Morgan fingerprint density at radius 1 is 1.26 bits per heavy atom. The van der Waals surface area contributed by atoms with Gasteiger partial charge >= 0.3 is 5.69 Å². The Labute approximate surface area is 142 Å². The molecule has 3 aromatic rings. The van der Waals surface area contributed by atoms with Gasteiger partial charge in [-0.2, -0.15) is 0 Å². The topological polar surface area (TPSA) is 61.8 Å². The van der Waals surface area contributed by atoms with Gasteiger partial charge in [0.15, 0.2) is 15.9 Å². The average Bonchev–Trinajstić information content (AvgIpc) is 2.81. The maximum absolute atomic E-state index is 13.6. The number of fused-ring (bicyclic) bond motifs is 1. The molecule has 0 aliphatic rings. The van der Waals surface area contributed by atoms with E-state index in [0.717, 1.165) is 4.57 Å². The van der Waals surface area contributed by atoms with Crippen LogP contribution in [0.5, 0.6) is 0 Å². The monoisotopic (exact) mass is 400 g/mol. The van der Waals surface area contributed by atoms with Gasteiger partial charge in [-0.1, -0.05) is 17.7 Å². The molecule has 0 aliphatic carbocycles. The Morgan fingerprint density at radius 3 is 2.61 bits per heavy atom. The highest BCUT2D eigenvalue weighted by atomic mass is 79.9. The number of aromatic nitrogens is 4. The van der Waals surface area contributed by atoms with Crippen LogP contribution in [0.15, 0.2) is 32.5 Å². The largest absolute Gasteiger partial charge is 0.332 e. The van der Waals surface area contributed by atoms with Crippen LogP contribution in [0.3, 0.4) is 0 Å². The Bertz CT molecular complexity index is 1050. The lowest BCUT2D eigenvalue weighted by atomic mass is 10.2. The van der Waals surface area contributed by atoms with E-state index in [0.29, 0.717) is 10.3 Å². The van der Waals surface area contributed by atoms with Crippen molar-refractivity contribution in [3.63, 3.8) is 0 Å². The van der Waals surface area contributed by atoms with Gasteiger partial charge < -0.3 is 4.57 Å². The molecule has 2 heterocycles. The van der Waals surface area contributed by atoms with Crippen LogP contribution in [0.4, 0.5) is 4.39 Å². The predicted octanol–water partition coefficient (Wildman–Crippen LogP) is 2.04. The average molecular weight is 402 g/mol. The summed E-state index contributed by atoms with van der Waals surface area (Å²) in [6, 6.07) is 4.17. The quantitative estimate of drug-likeness (QED) is 0.617. The molecule has 3 rings (SSSR count). The number of halogens is 3. The first kappa shape index (κ1) is 15.9. The number of hydrogen-bond acceptors (Lipinski definition) is 3. The van der Waals surface area contributed by atoms with Crippen LogP contribution in [0.1, 0.15) is 5.56 Å². The van der Waals surface area contributed by atoms with Gasteiger partial charge in [-0.25, -0.2) is 14.2 Å². The first-order valence-electron chi connectivity index (χ1n) is 6.57. The summed E-state index contributed by atoms with van der Waals surface area (Å²) in [5.74, 6) is -0.599. The fourth-order valence-corrected chi connectivity index (χ4v) is 2.84. The van der Waals surface area contributed by atoms with Crippen molar-refractivity contribution in [2.45, 2.75) is 6.54 Å². The number of benzene rings is 1. The summed E-state index contributed by atoms with van der Waals surface area (Å²) in [5.41, 5.74) is 0.0237. The van der Waals surface area contributed by atoms with E-state index < -0.39 is 17.1 Å². The highest BCUT2D eigenvalue weighted by molar-refractivity contribution is 9.10. The van der Waals surface area contributed by atoms with Gasteiger partial charge in [0.05, 0.1) is 11.6 Å². The van der Waals surface area contributed by atoms with E-state index in [1.807, 2.05) is 0 Å². The molecule has 1 aromatic carbocycles. The lowest BCUT2D eigenvalue weighted by molar-refractivity contribution is 0.617. The van der Waals surface area contributed by atoms with Gasteiger partial charge in [0.1, 0.15) is 5.82 Å². The second kappa shape index (κ2) is 5.61. The molecule has 0 spiro atoms. The van der Waals surface area contributed by atoms with Crippen molar-refractivity contribution >= 4 is 38.7 Å². The van der Waals surface area contributed by atoms with Crippen molar-refractivity contribution in [1.29, 1.82) is 0 Å². The van der Waals surface area contributed by atoms with Crippen LogP contribution in [0.2, 0.25) is 5.02 Å². The summed E-state index contributed by atoms with van der Waals surface area (Å²) in [7, 11) is 3.19. The minimum Gasteiger partial charge on any atom is -0.316 e. The van der Waals surface area contributed by atoms with Crippen LogP contribution in [0.25, 0.3) is 11.2 Å². The summed E-state index contributed by atoms with van der Waals surface area (Å²) in [6.45, 7) is -0.0572. The van der Waals surface area contributed by atoms with Gasteiger partial charge in [0, 0.05) is 14.1 Å². The third kappa shape index (κ3) is 2.51. The van der Waals surface area contributed by atoms with Crippen LogP contribution >= 0.6 is 27.5 Å². The summed E-state index contributed by atoms with van der Waals surface area (Å²) < 4.78 is 17.9. The maximum atomic E-state index is 13.6. The summed E-state index contributed by atoms with van der Waals surface area (Å²) in [6.07, 6.45) is 0. The van der Waals surface area contributed by atoms with Crippen molar-refractivity contribution < 1.29 is 4.39 Å². The normalized spacial score (nSPS) is 11.3. The van der Waals surface area contributed by atoms with Crippen molar-refractivity contribution in [3.8, 4) is 0 Å². The molecule has 2 aromatic heterocycles. The zero-order chi connectivity index (χ0) is 16.9. The molecular weight excluding hydrogens is 391 g/mol. The van der Waals surface area contributed by atoms with Crippen LogP contribution in [-0.2, 0) is 20.6 Å². The fourth-order valence-electron chi connectivity index (χ4n) is 2.38. The molecule has 120 valence electrons. The Hall–Kier alpha value is -1.93. The molecule has 0 atom stereocenters. The Morgan fingerprint density at radius 2 is 1.96 bits per heavy atom. The second-order valence-electron chi connectivity index (χ2n) is 5.09. The second-order valence-corrected chi connectivity index (χ2v) is 6.21. The van der Waals surface area contributed by atoms with Gasteiger partial charge in [-0.05, 0) is 33.6 Å². The van der Waals surface area contributed by atoms with Crippen molar-refractivity contribution in [3.05, 3.63) is 60.2 Å². The smallest absolute Gasteiger partial charge is 0.316 e. The van der Waals surface area contributed by atoms with E-state index >= 15 is 0 Å². The van der Waals surface area contributed by atoms with E-state index in [4.69, 9.17) is 11.6 Å². The molecule has 9 heteroatoms. The lowest BCUT2D eigenvalue weighted by Gasteiger charge is -2.09. The third-order valence-corrected chi connectivity index (χ3v) is 4.65. The standard InChI is InChI=1S/C14H11BrClFN4O2/c1-19-10-11(18-13(19)15)20(2)14(23)21(12(10)22)6-7-3-4-8(16)9(17)5-7/h3-5H,6H2,1-2H3. The maximum Gasteiger partial charge on any atom is 0.332 e. The number of rotatable bonds is 2. The Kier molecular flexibility index (Phi) is 3.89. The molecule has 6 nitrogen and oxygen atoms in total. The summed E-state index contributed by atoms with van der Waals surface area (Å²) in [5, 5.41) is -0.0139. The van der Waals surface area contributed by atoms with Gasteiger partial charge in [-0.3, -0.25) is 13.9 Å². The molecule has 0 bridgehead atoms. The number of nitrogens with zero attached hydrogens (tertiary/aromatic N) is 4. The minimum atomic E-state index is -0.599. The Balaban J connectivity index is 2.25. The molecule has 0 aliphatic heterocycles. The lowest BCUT2D eigenvalue weighted by Crippen LogP contribution is -2.39. The molecule has 0 saturated carbocycles. The number of hydrogen-bond donors (Lipinski definition) is 0. The predicted molar refractivity (Wildman–Crippen MR) is 88.4 cm³/mol. The van der Waals surface area contributed by atoms with E-state index in [-0.39, 0.29) is 22.7 Å². The van der Waals surface area contributed by atoms with Crippen molar-refractivity contribution in [1.82, 2.24) is 18.7 Å². The van der Waals surface area contributed by atoms with Crippen molar-refractivity contribution in [2.24, 2.45) is 14.1 Å². The van der Waals surface area contributed by atoms with Crippen molar-refractivity contribution in [2.75, 3.05) is 0 Å². The number of imidazole rings is 1. The summed E-state index contributed by atoms with van der Waals surface area (Å²) in [4.78, 5) is 29.2. The molecule has 0 N–H and O–H groups in total. The molecule has 0 saturated heterocycles. The molecule has 0 unspecified atom stereocenters. The van der Waals surface area contributed by atoms with E-state index in [9.17, 15) is 14.0 Å². The van der Waals surface area contributed by atoms with E-state index in [2.05, 4.69) is 20.9 Å². The highest BCUT2D eigenvalue weighted by Gasteiger charge is 2.17. The van der Waals surface area contributed by atoms with Crippen LogP contribution in [-0.4, -0.2) is 18.7 Å². The fraction of sp³-hybridized carbons (Fsp3) is 0.214. The van der Waals surface area contributed by atoms with Crippen LogP contribution < -0.4 is 11.2 Å². The molecular formula is C14H11BrClFN4O2. The zero-order valence-corrected chi connectivity index (χ0v) is 14.5. The van der Waals surface area contributed by atoms with E-state index in [1.165, 1.54) is 23.7 Å². The molecule has 23 heavy (non-hydrogen) atoms. The van der Waals surface area contributed by atoms with Gasteiger partial charge in [-0.15, -0.1) is 0 Å². The summed E-state index contributed by atoms with van der Waals surface area (Å²) >= 11 is 8.88. The SMILES string of the molecule is Cn1c(Br)nc2c1c(=O)n(Cc1ccc(Cl)c(F)c1)c(=O)n2C. The molecule has 0 fully saturated rings. The third-order valence-electron chi connectivity index (χ3n) is 3.63.